The van der Waals surface area contributed by atoms with Crippen LogP contribution in [-0.2, 0) is 19.9 Å². The summed E-state index contributed by atoms with van der Waals surface area (Å²) < 4.78 is 2.89. The molecule has 1 heterocycles. The lowest BCUT2D eigenvalue weighted by Gasteiger charge is -2.19. The van der Waals surface area contributed by atoms with Crippen molar-refractivity contribution in [2.45, 2.75) is 38.7 Å². The summed E-state index contributed by atoms with van der Waals surface area (Å²) in [6.07, 6.45) is 1.06. The molecular formula is C16H21BrN2O. The summed E-state index contributed by atoms with van der Waals surface area (Å²) in [5.41, 5.74) is 3.26. The molecule has 0 spiro atoms. The van der Waals surface area contributed by atoms with Crippen molar-refractivity contribution in [3.05, 3.63) is 51.8 Å². The summed E-state index contributed by atoms with van der Waals surface area (Å²) in [7, 11) is 1.93. The molecule has 1 aromatic heterocycles. The highest BCUT2D eigenvalue weighted by Crippen LogP contribution is 2.27. The van der Waals surface area contributed by atoms with E-state index in [2.05, 4.69) is 47.0 Å². The monoisotopic (exact) mass is 336 g/mol. The van der Waals surface area contributed by atoms with Gasteiger partial charge >= 0.3 is 0 Å². The van der Waals surface area contributed by atoms with Crippen LogP contribution >= 0.6 is 15.9 Å². The maximum absolute atomic E-state index is 10.5. The lowest BCUT2D eigenvalue weighted by Crippen LogP contribution is -2.20. The van der Waals surface area contributed by atoms with Gasteiger partial charge in [0, 0.05) is 19.4 Å². The van der Waals surface area contributed by atoms with Gasteiger partial charge < -0.3 is 5.11 Å². The van der Waals surface area contributed by atoms with Gasteiger partial charge in [0.25, 0.3) is 0 Å². The predicted octanol–water partition coefficient (Wildman–Crippen LogP) is 3.45. The van der Waals surface area contributed by atoms with E-state index in [4.69, 9.17) is 0 Å². The normalized spacial score (nSPS) is 14.2. The number of aromatic nitrogens is 2. The Labute approximate surface area is 128 Å². The van der Waals surface area contributed by atoms with Crippen molar-refractivity contribution in [2.24, 2.45) is 7.05 Å². The Morgan fingerprint density at radius 1 is 1.30 bits per heavy atom. The summed E-state index contributed by atoms with van der Waals surface area (Å²) >= 11 is 3.60. The van der Waals surface area contributed by atoms with E-state index in [-0.39, 0.29) is 5.92 Å². The van der Waals surface area contributed by atoms with Crippen LogP contribution in [0.25, 0.3) is 0 Å². The summed E-state index contributed by atoms with van der Waals surface area (Å²) in [5, 5.41) is 15.0. The lowest BCUT2D eigenvalue weighted by atomic mass is 9.92. The minimum Gasteiger partial charge on any atom is -0.392 e. The van der Waals surface area contributed by atoms with Gasteiger partial charge in [0.2, 0.25) is 0 Å². The van der Waals surface area contributed by atoms with Crippen molar-refractivity contribution >= 4 is 15.9 Å². The van der Waals surface area contributed by atoms with Gasteiger partial charge in [0.15, 0.2) is 0 Å². The Morgan fingerprint density at radius 2 is 1.95 bits per heavy atom. The molecule has 1 N–H and O–H groups in total. The summed E-state index contributed by atoms with van der Waals surface area (Å²) in [6.45, 7) is 4.14. The first-order valence-electron chi connectivity index (χ1n) is 6.97. The topological polar surface area (TPSA) is 38.0 Å². The van der Waals surface area contributed by atoms with E-state index < -0.39 is 6.10 Å². The first kappa shape index (κ1) is 15.3. The smallest absolute Gasteiger partial charge is 0.0766 e. The number of rotatable bonds is 5. The number of aryl methyl sites for hydroxylation is 2. The van der Waals surface area contributed by atoms with E-state index >= 15 is 0 Å². The first-order chi connectivity index (χ1) is 9.54. The molecule has 0 saturated heterocycles. The van der Waals surface area contributed by atoms with Crippen molar-refractivity contribution in [1.29, 1.82) is 0 Å². The molecule has 0 radical (unpaired) electrons. The second kappa shape index (κ2) is 6.55. The van der Waals surface area contributed by atoms with Crippen LogP contribution in [0.4, 0.5) is 0 Å². The second-order valence-electron chi connectivity index (χ2n) is 5.16. The van der Waals surface area contributed by atoms with Gasteiger partial charge in [0.1, 0.15) is 0 Å². The molecule has 0 aliphatic rings. The zero-order valence-electron chi connectivity index (χ0n) is 12.2. The van der Waals surface area contributed by atoms with Crippen molar-refractivity contribution < 1.29 is 5.11 Å². The van der Waals surface area contributed by atoms with Crippen LogP contribution in [0.1, 0.15) is 36.7 Å². The molecule has 0 aliphatic heterocycles. The van der Waals surface area contributed by atoms with E-state index in [1.54, 1.807) is 0 Å². The van der Waals surface area contributed by atoms with Crippen LogP contribution in [0.15, 0.2) is 34.8 Å². The molecular weight excluding hydrogens is 316 g/mol. The maximum atomic E-state index is 10.5. The fourth-order valence-corrected chi connectivity index (χ4v) is 3.17. The van der Waals surface area contributed by atoms with Gasteiger partial charge in [-0.2, -0.15) is 5.10 Å². The lowest BCUT2D eigenvalue weighted by molar-refractivity contribution is 0.147. The fourth-order valence-electron chi connectivity index (χ4n) is 2.40. The Balaban J connectivity index is 2.16. The summed E-state index contributed by atoms with van der Waals surface area (Å²) in [6, 6.07) is 10.1. The molecule has 0 amide bonds. The van der Waals surface area contributed by atoms with Gasteiger partial charge in [-0.25, -0.2) is 0 Å². The first-order valence-corrected chi connectivity index (χ1v) is 7.77. The quantitative estimate of drug-likeness (QED) is 0.907. The standard InChI is InChI=1S/C16H21BrN2O/c1-4-13-16(17)14(19(3)18-13)10-15(20)11(2)12-8-6-5-7-9-12/h5-9,11,15,20H,4,10H2,1-3H3. The molecule has 0 fully saturated rings. The van der Waals surface area contributed by atoms with Crippen LogP contribution in [0.3, 0.4) is 0 Å². The third-order valence-electron chi connectivity index (χ3n) is 3.81. The molecule has 0 saturated carbocycles. The van der Waals surface area contributed by atoms with Crippen LogP contribution in [0, 0.1) is 0 Å². The number of aliphatic hydroxyl groups excluding tert-OH is 1. The fraction of sp³-hybridized carbons (Fsp3) is 0.438. The third kappa shape index (κ3) is 3.13. The highest BCUT2D eigenvalue weighted by Gasteiger charge is 2.21. The average Bonchev–Trinajstić information content (AvgIpc) is 2.74. The van der Waals surface area contributed by atoms with E-state index in [0.29, 0.717) is 6.42 Å². The van der Waals surface area contributed by atoms with Crippen LogP contribution in [0.2, 0.25) is 0 Å². The van der Waals surface area contributed by atoms with Crippen LogP contribution in [-0.4, -0.2) is 21.0 Å². The largest absolute Gasteiger partial charge is 0.392 e. The van der Waals surface area contributed by atoms with E-state index in [1.807, 2.05) is 29.9 Å². The Bertz CT molecular complexity index is 565. The van der Waals surface area contributed by atoms with Crippen molar-refractivity contribution in [2.75, 3.05) is 0 Å². The van der Waals surface area contributed by atoms with Crippen LogP contribution in [0.5, 0.6) is 0 Å². The molecule has 2 unspecified atom stereocenters. The summed E-state index contributed by atoms with van der Waals surface area (Å²) in [4.78, 5) is 0. The van der Waals surface area contributed by atoms with Gasteiger partial charge in [0.05, 0.1) is 22.0 Å². The highest BCUT2D eigenvalue weighted by molar-refractivity contribution is 9.10. The minimum atomic E-state index is -0.422. The number of nitrogens with zero attached hydrogens (tertiary/aromatic N) is 2. The van der Waals surface area contributed by atoms with Gasteiger partial charge in [-0.15, -0.1) is 0 Å². The maximum Gasteiger partial charge on any atom is 0.0766 e. The van der Waals surface area contributed by atoms with Gasteiger partial charge in [-0.05, 0) is 27.9 Å². The van der Waals surface area contributed by atoms with Crippen molar-refractivity contribution in [3.63, 3.8) is 0 Å². The van der Waals surface area contributed by atoms with Crippen molar-refractivity contribution in [3.8, 4) is 0 Å². The molecule has 3 nitrogen and oxygen atoms in total. The number of hydrogen-bond donors (Lipinski definition) is 1. The van der Waals surface area contributed by atoms with E-state index in [0.717, 1.165) is 27.8 Å². The van der Waals surface area contributed by atoms with Gasteiger partial charge in [-0.1, -0.05) is 44.2 Å². The number of hydrogen-bond acceptors (Lipinski definition) is 2. The SMILES string of the molecule is CCc1nn(C)c(CC(O)C(C)c2ccccc2)c1Br. The molecule has 0 aliphatic carbocycles. The Morgan fingerprint density at radius 3 is 2.50 bits per heavy atom. The van der Waals surface area contributed by atoms with Gasteiger partial charge in [-0.3, -0.25) is 4.68 Å². The molecule has 0 bridgehead atoms. The molecule has 20 heavy (non-hydrogen) atoms. The molecule has 1 aromatic carbocycles. The third-order valence-corrected chi connectivity index (χ3v) is 4.72. The molecule has 2 aromatic rings. The molecule has 2 atom stereocenters. The number of benzene rings is 1. The van der Waals surface area contributed by atoms with E-state index in [1.165, 1.54) is 0 Å². The zero-order valence-corrected chi connectivity index (χ0v) is 13.8. The van der Waals surface area contributed by atoms with Crippen LogP contribution < -0.4 is 0 Å². The molecule has 108 valence electrons. The average molecular weight is 337 g/mol. The Kier molecular flexibility index (Phi) is 5.00. The Hall–Kier alpha value is -1.13. The number of halogens is 1. The highest BCUT2D eigenvalue weighted by atomic mass is 79.9. The second-order valence-corrected chi connectivity index (χ2v) is 5.95. The molecule has 2 rings (SSSR count). The number of aliphatic hydroxyl groups is 1. The zero-order chi connectivity index (χ0) is 14.7. The van der Waals surface area contributed by atoms with Crippen molar-refractivity contribution in [1.82, 2.24) is 9.78 Å². The predicted molar refractivity (Wildman–Crippen MR) is 84.9 cm³/mol. The molecule has 4 heteroatoms. The minimum absolute atomic E-state index is 0.100. The summed E-state index contributed by atoms with van der Waals surface area (Å²) in [5.74, 6) is 0.100. The van der Waals surface area contributed by atoms with E-state index in [9.17, 15) is 5.11 Å².